The highest BCUT2D eigenvalue weighted by Crippen LogP contribution is 2.20. The molecule has 30 heavy (non-hydrogen) atoms. The normalized spacial score (nSPS) is 14.4. The van der Waals surface area contributed by atoms with Crippen molar-refractivity contribution in [2.75, 3.05) is 13.1 Å². The Morgan fingerprint density at radius 2 is 1.47 bits per heavy atom. The van der Waals surface area contributed by atoms with Crippen LogP contribution in [0, 0.1) is 5.82 Å². The number of hydrogen-bond acceptors (Lipinski definition) is 4. The van der Waals surface area contributed by atoms with Crippen molar-refractivity contribution in [3.05, 3.63) is 84.2 Å². The monoisotopic (exact) mass is 404 g/mol. The molecular weight excluding hydrogens is 383 g/mol. The van der Waals surface area contributed by atoms with Gasteiger partial charge in [0, 0.05) is 48.2 Å². The SMILES string of the molecule is O=C(NC1CCN(C(=O)c2ccc(-c3cncnc3)cc2)CC1)c1ccc(F)cc1. The van der Waals surface area contributed by atoms with Crippen LogP contribution < -0.4 is 5.32 Å². The molecule has 0 bridgehead atoms. The van der Waals surface area contributed by atoms with Gasteiger partial charge < -0.3 is 10.2 Å². The second-order valence-corrected chi connectivity index (χ2v) is 7.25. The number of amides is 2. The van der Waals surface area contributed by atoms with Crippen molar-refractivity contribution in [1.82, 2.24) is 20.2 Å². The molecule has 7 heteroatoms. The van der Waals surface area contributed by atoms with Crippen LogP contribution in [0.1, 0.15) is 33.6 Å². The van der Waals surface area contributed by atoms with Crippen molar-refractivity contribution >= 4 is 11.8 Å². The molecule has 3 aromatic rings. The number of carbonyl (C=O) groups excluding carboxylic acids is 2. The first-order valence-corrected chi connectivity index (χ1v) is 9.81. The van der Waals surface area contributed by atoms with Crippen LogP contribution >= 0.6 is 0 Å². The molecule has 1 fully saturated rings. The highest BCUT2D eigenvalue weighted by atomic mass is 19.1. The molecule has 152 valence electrons. The first kappa shape index (κ1) is 19.7. The van der Waals surface area contributed by atoms with Gasteiger partial charge in [0.05, 0.1) is 0 Å². The molecule has 2 heterocycles. The average Bonchev–Trinajstić information content (AvgIpc) is 2.80. The van der Waals surface area contributed by atoms with E-state index in [2.05, 4.69) is 15.3 Å². The quantitative estimate of drug-likeness (QED) is 0.724. The summed E-state index contributed by atoms with van der Waals surface area (Å²) in [5.41, 5.74) is 2.91. The Morgan fingerprint density at radius 3 is 2.10 bits per heavy atom. The number of rotatable bonds is 4. The molecule has 4 rings (SSSR count). The summed E-state index contributed by atoms with van der Waals surface area (Å²) in [5.74, 6) is -0.613. The smallest absolute Gasteiger partial charge is 0.253 e. The van der Waals surface area contributed by atoms with E-state index in [1.165, 1.54) is 30.6 Å². The van der Waals surface area contributed by atoms with Crippen molar-refractivity contribution in [3.8, 4) is 11.1 Å². The molecule has 2 aromatic carbocycles. The number of aromatic nitrogens is 2. The van der Waals surface area contributed by atoms with Crippen molar-refractivity contribution in [3.63, 3.8) is 0 Å². The second-order valence-electron chi connectivity index (χ2n) is 7.25. The van der Waals surface area contributed by atoms with Gasteiger partial charge in [-0.15, -0.1) is 0 Å². The zero-order chi connectivity index (χ0) is 20.9. The van der Waals surface area contributed by atoms with E-state index in [1.54, 1.807) is 17.3 Å². The van der Waals surface area contributed by atoms with E-state index in [4.69, 9.17) is 0 Å². The van der Waals surface area contributed by atoms with E-state index >= 15 is 0 Å². The molecule has 0 aliphatic carbocycles. The van der Waals surface area contributed by atoms with Crippen LogP contribution in [0.15, 0.2) is 67.3 Å². The third kappa shape index (κ3) is 4.51. The average molecular weight is 404 g/mol. The third-order valence-corrected chi connectivity index (χ3v) is 5.25. The number of piperidine rings is 1. The fraction of sp³-hybridized carbons (Fsp3) is 0.217. The van der Waals surface area contributed by atoms with E-state index in [0.29, 0.717) is 37.1 Å². The van der Waals surface area contributed by atoms with Gasteiger partial charge in [0.1, 0.15) is 12.1 Å². The molecule has 0 spiro atoms. The van der Waals surface area contributed by atoms with Gasteiger partial charge in [-0.1, -0.05) is 12.1 Å². The Hall–Kier alpha value is -3.61. The third-order valence-electron chi connectivity index (χ3n) is 5.25. The van der Waals surface area contributed by atoms with Gasteiger partial charge in [-0.2, -0.15) is 0 Å². The number of carbonyl (C=O) groups is 2. The minimum absolute atomic E-state index is 0.00735. The largest absolute Gasteiger partial charge is 0.349 e. The van der Waals surface area contributed by atoms with Gasteiger partial charge in [-0.25, -0.2) is 14.4 Å². The number of nitrogens with one attached hydrogen (secondary N) is 1. The van der Waals surface area contributed by atoms with Crippen LogP contribution in [0.4, 0.5) is 4.39 Å². The number of hydrogen-bond donors (Lipinski definition) is 1. The Labute approximate surface area is 173 Å². The molecule has 1 saturated heterocycles. The van der Waals surface area contributed by atoms with Crippen LogP contribution in [0.2, 0.25) is 0 Å². The van der Waals surface area contributed by atoms with Crippen LogP contribution in [0.25, 0.3) is 11.1 Å². The molecule has 1 N–H and O–H groups in total. The Kier molecular flexibility index (Phi) is 5.79. The van der Waals surface area contributed by atoms with Gasteiger partial charge in [0.2, 0.25) is 0 Å². The first-order valence-electron chi connectivity index (χ1n) is 9.81. The summed E-state index contributed by atoms with van der Waals surface area (Å²) in [7, 11) is 0. The molecule has 2 amide bonds. The minimum atomic E-state index is -0.372. The van der Waals surface area contributed by atoms with Crippen LogP contribution in [0.5, 0.6) is 0 Å². The van der Waals surface area contributed by atoms with E-state index in [9.17, 15) is 14.0 Å². The molecule has 1 aliphatic rings. The summed E-state index contributed by atoms with van der Waals surface area (Å²) >= 11 is 0. The van der Waals surface area contributed by atoms with E-state index < -0.39 is 0 Å². The summed E-state index contributed by atoms with van der Waals surface area (Å²) in [6, 6.07) is 12.9. The van der Waals surface area contributed by atoms with Crippen molar-refractivity contribution < 1.29 is 14.0 Å². The highest BCUT2D eigenvalue weighted by molar-refractivity contribution is 5.95. The summed E-state index contributed by atoms with van der Waals surface area (Å²) < 4.78 is 13.0. The molecule has 6 nitrogen and oxygen atoms in total. The maximum absolute atomic E-state index is 13.0. The molecule has 1 aliphatic heterocycles. The predicted molar refractivity (Wildman–Crippen MR) is 110 cm³/mol. The van der Waals surface area contributed by atoms with Crippen LogP contribution in [0.3, 0.4) is 0 Å². The number of nitrogens with zero attached hydrogens (tertiary/aromatic N) is 3. The molecule has 1 aromatic heterocycles. The van der Waals surface area contributed by atoms with Crippen LogP contribution in [-0.4, -0.2) is 45.8 Å². The van der Waals surface area contributed by atoms with Crippen molar-refractivity contribution in [2.24, 2.45) is 0 Å². The molecule has 0 atom stereocenters. The number of likely N-dealkylation sites (tertiary alicyclic amines) is 1. The lowest BCUT2D eigenvalue weighted by Gasteiger charge is -2.32. The fourth-order valence-electron chi connectivity index (χ4n) is 3.53. The minimum Gasteiger partial charge on any atom is -0.349 e. The van der Waals surface area contributed by atoms with Crippen LogP contribution in [-0.2, 0) is 0 Å². The lowest BCUT2D eigenvalue weighted by molar-refractivity contribution is 0.0698. The van der Waals surface area contributed by atoms with Gasteiger partial charge in [-0.3, -0.25) is 9.59 Å². The van der Waals surface area contributed by atoms with E-state index in [0.717, 1.165) is 11.1 Å². The van der Waals surface area contributed by atoms with E-state index in [-0.39, 0.29) is 23.7 Å². The zero-order valence-electron chi connectivity index (χ0n) is 16.3. The fourth-order valence-corrected chi connectivity index (χ4v) is 3.53. The van der Waals surface area contributed by atoms with Gasteiger partial charge in [0.25, 0.3) is 11.8 Å². The van der Waals surface area contributed by atoms with E-state index in [1.807, 2.05) is 24.3 Å². The highest BCUT2D eigenvalue weighted by Gasteiger charge is 2.25. The summed E-state index contributed by atoms with van der Waals surface area (Å²) in [6.45, 7) is 1.14. The molecule has 0 saturated carbocycles. The van der Waals surface area contributed by atoms with Gasteiger partial charge >= 0.3 is 0 Å². The maximum atomic E-state index is 13.0. The first-order chi connectivity index (χ1) is 14.6. The Bertz CT molecular complexity index is 1020. The van der Waals surface area contributed by atoms with Gasteiger partial charge in [-0.05, 0) is 54.8 Å². The van der Waals surface area contributed by atoms with Gasteiger partial charge in [0.15, 0.2) is 0 Å². The second kappa shape index (κ2) is 8.82. The lowest BCUT2D eigenvalue weighted by atomic mass is 10.0. The molecule has 0 radical (unpaired) electrons. The topological polar surface area (TPSA) is 75.2 Å². The number of halogens is 1. The molecular formula is C23H21FN4O2. The zero-order valence-corrected chi connectivity index (χ0v) is 16.3. The summed E-state index contributed by atoms with van der Waals surface area (Å²) in [4.78, 5) is 34.9. The standard InChI is InChI=1S/C23H21FN4O2/c24-20-7-5-17(6-8-20)22(29)27-21-9-11-28(12-10-21)23(30)18-3-1-16(2-4-18)19-13-25-15-26-14-19/h1-8,13-15,21H,9-12H2,(H,27,29). The van der Waals surface area contributed by atoms with Crippen molar-refractivity contribution in [2.45, 2.75) is 18.9 Å². The maximum Gasteiger partial charge on any atom is 0.253 e. The molecule has 0 unspecified atom stereocenters. The Morgan fingerprint density at radius 1 is 0.867 bits per heavy atom. The predicted octanol–water partition coefficient (Wildman–Crippen LogP) is 3.32. The summed E-state index contributed by atoms with van der Waals surface area (Å²) in [6.07, 6.45) is 6.30. The Balaban J connectivity index is 1.32. The van der Waals surface area contributed by atoms with Crippen molar-refractivity contribution in [1.29, 1.82) is 0 Å². The summed E-state index contributed by atoms with van der Waals surface area (Å²) in [5, 5.41) is 2.97. The lowest BCUT2D eigenvalue weighted by Crippen LogP contribution is -2.46. The number of benzene rings is 2.